The second kappa shape index (κ2) is 5.48. The van der Waals surface area contributed by atoms with Crippen molar-refractivity contribution in [1.82, 2.24) is 4.41 Å². The molecule has 0 aliphatic heterocycles. The molecule has 0 atom stereocenters. The summed E-state index contributed by atoms with van der Waals surface area (Å²) in [5.41, 5.74) is 0.638. The Bertz CT molecular complexity index is 445. The van der Waals surface area contributed by atoms with Crippen LogP contribution in [-0.2, 0) is 10.0 Å². The van der Waals surface area contributed by atoms with Gasteiger partial charge in [-0.15, -0.1) is 0 Å². The molecule has 0 heterocycles. The first kappa shape index (κ1) is 14.0. The van der Waals surface area contributed by atoms with Crippen LogP contribution in [0.2, 0.25) is 0 Å². The lowest BCUT2D eigenvalue weighted by atomic mass is 10.2. The van der Waals surface area contributed by atoms with Gasteiger partial charge in [-0.3, -0.25) is 0 Å². The van der Waals surface area contributed by atoms with Crippen LogP contribution in [0.1, 0.15) is 13.8 Å². The van der Waals surface area contributed by atoms with Crippen LogP contribution in [-0.4, -0.2) is 25.6 Å². The van der Waals surface area contributed by atoms with Gasteiger partial charge < -0.3 is 0 Å². The molecule has 0 aliphatic rings. The lowest BCUT2D eigenvalue weighted by molar-refractivity contribution is 0.348. The van der Waals surface area contributed by atoms with Gasteiger partial charge in [-0.05, 0) is 18.1 Å². The smallest absolute Gasteiger partial charge is 0.229 e. The van der Waals surface area contributed by atoms with Gasteiger partial charge in [0.1, 0.15) is 0 Å². The lowest BCUT2D eigenvalue weighted by Crippen LogP contribution is -2.52. The molecule has 0 unspecified atom stereocenters. The van der Waals surface area contributed by atoms with Crippen LogP contribution in [0.15, 0.2) is 30.3 Å². The van der Waals surface area contributed by atoms with Crippen molar-refractivity contribution in [3.8, 4) is 0 Å². The summed E-state index contributed by atoms with van der Waals surface area (Å²) in [7, 11) is -3.37. The first-order valence-electron chi connectivity index (χ1n) is 5.40. The molecule has 1 rings (SSSR count). The van der Waals surface area contributed by atoms with Gasteiger partial charge in [0.2, 0.25) is 10.0 Å². The minimum atomic E-state index is -3.37. The molecular weight excluding hydrogens is 238 g/mol. The maximum absolute atomic E-state index is 11.7. The number of hydrogen-bond donors (Lipinski definition) is 1. The van der Waals surface area contributed by atoms with Gasteiger partial charge in [0.05, 0.1) is 11.9 Å². The van der Waals surface area contributed by atoms with Gasteiger partial charge in [-0.1, -0.05) is 36.5 Å². The van der Waals surface area contributed by atoms with Gasteiger partial charge in [0, 0.05) is 6.54 Å². The molecule has 0 saturated carbocycles. The fraction of sp³-hybridized carbons (Fsp3) is 0.455. The quantitative estimate of drug-likeness (QED) is 0.636. The van der Waals surface area contributed by atoms with E-state index in [9.17, 15) is 8.42 Å². The highest BCUT2D eigenvalue weighted by Crippen LogP contribution is 2.15. The predicted octanol–water partition coefficient (Wildman–Crippen LogP) is 1.20. The number of nitrogens with two attached hydrogens (primary N) is 1. The molecule has 96 valence electrons. The number of benzene rings is 1. The Morgan fingerprint density at radius 1 is 1.24 bits per heavy atom. The van der Waals surface area contributed by atoms with E-state index < -0.39 is 10.0 Å². The Hall–Kier alpha value is -1.11. The van der Waals surface area contributed by atoms with Crippen molar-refractivity contribution >= 4 is 15.7 Å². The van der Waals surface area contributed by atoms with Gasteiger partial charge >= 0.3 is 0 Å². The Kier molecular flexibility index (Phi) is 4.50. The van der Waals surface area contributed by atoms with Crippen LogP contribution in [0, 0.1) is 5.92 Å². The molecule has 0 amide bonds. The Balaban J connectivity index is 2.99. The minimum absolute atomic E-state index is 0.194. The Morgan fingerprint density at radius 2 is 1.76 bits per heavy atom. The van der Waals surface area contributed by atoms with Gasteiger partial charge in [-0.25, -0.2) is 19.4 Å². The van der Waals surface area contributed by atoms with E-state index in [1.54, 1.807) is 12.1 Å². The average Bonchev–Trinajstić information content (AvgIpc) is 2.24. The zero-order valence-corrected chi connectivity index (χ0v) is 11.2. The molecule has 5 nitrogen and oxygen atoms in total. The maximum Gasteiger partial charge on any atom is 0.229 e. The Labute approximate surface area is 103 Å². The molecule has 0 radical (unpaired) electrons. The van der Waals surface area contributed by atoms with Crippen molar-refractivity contribution in [2.24, 2.45) is 11.8 Å². The van der Waals surface area contributed by atoms with E-state index in [0.717, 1.165) is 6.26 Å². The van der Waals surface area contributed by atoms with Crippen LogP contribution in [0.25, 0.3) is 0 Å². The molecule has 1 aromatic rings. The molecule has 0 aromatic heterocycles. The highest BCUT2D eigenvalue weighted by Gasteiger charge is 2.23. The molecule has 0 saturated heterocycles. The van der Waals surface area contributed by atoms with Crippen LogP contribution < -0.4 is 11.0 Å². The molecule has 17 heavy (non-hydrogen) atoms. The fourth-order valence-corrected chi connectivity index (χ4v) is 2.39. The molecule has 0 bridgehead atoms. The van der Waals surface area contributed by atoms with Crippen LogP contribution in [0.5, 0.6) is 0 Å². The largest absolute Gasteiger partial charge is 0.232 e. The van der Waals surface area contributed by atoms with Crippen molar-refractivity contribution in [3.63, 3.8) is 0 Å². The minimum Gasteiger partial charge on any atom is -0.232 e. The third-order valence-electron chi connectivity index (χ3n) is 2.17. The summed E-state index contributed by atoms with van der Waals surface area (Å²) >= 11 is 0. The number of hydrazine groups is 2. The third kappa shape index (κ3) is 3.99. The highest BCUT2D eigenvalue weighted by atomic mass is 32.2. The SMILES string of the molecule is CC(C)CN(N(N)c1ccccc1)S(C)(=O)=O. The summed E-state index contributed by atoms with van der Waals surface area (Å²) in [5, 5.41) is 1.18. The van der Waals surface area contributed by atoms with Crippen molar-refractivity contribution in [3.05, 3.63) is 30.3 Å². The average molecular weight is 257 g/mol. The summed E-state index contributed by atoms with van der Waals surface area (Å²) in [6, 6.07) is 9.00. The third-order valence-corrected chi connectivity index (χ3v) is 3.26. The summed E-state index contributed by atoms with van der Waals surface area (Å²) in [4.78, 5) is 0. The molecule has 0 fully saturated rings. The summed E-state index contributed by atoms with van der Waals surface area (Å²) in [6.07, 6.45) is 1.15. The van der Waals surface area contributed by atoms with E-state index in [1.165, 1.54) is 9.53 Å². The van der Waals surface area contributed by atoms with Gasteiger partial charge in [-0.2, -0.15) is 0 Å². The van der Waals surface area contributed by atoms with Gasteiger partial charge in [0.25, 0.3) is 0 Å². The van der Waals surface area contributed by atoms with E-state index in [4.69, 9.17) is 5.84 Å². The summed E-state index contributed by atoms with van der Waals surface area (Å²) < 4.78 is 24.5. The normalized spacial score (nSPS) is 12.1. The van der Waals surface area contributed by atoms with Crippen LogP contribution in [0.3, 0.4) is 0 Å². The molecule has 6 heteroatoms. The second-order valence-corrected chi connectivity index (χ2v) is 6.23. The number of anilines is 1. The van der Waals surface area contributed by atoms with Crippen LogP contribution in [0.4, 0.5) is 5.69 Å². The summed E-state index contributed by atoms with van der Waals surface area (Å²) in [5.74, 6) is 6.05. The molecule has 2 N–H and O–H groups in total. The first-order valence-corrected chi connectivity index (χ1v) is 7.24. The summed E-state index contributed by atoms with van der Waals surface area (Å²) in [6.45, 7) is 4.23. The first-order chi connectivity index (χ1) is 7.82. The van der Waals surface area contributed by atoms with Crippen molar-refractivity contribution in [1.29, 1.82) is 0 Å². The molecule has 1 aromatic carbocycles. The zero-order chi connectivity index (χ0) is 13.1. The number of para-hydroxylation sites is 1. The van der Waals surface area contributed by atoms with Crippen molar-refractivity contribution in [2.75, 3.05) is 17.9 Å². The van der Waals surface area contributed by atoms with E-state index in [1.807, 2.05) is 32.0 Å². The molecule has 0 aliphatic carbocycles. The number of hydrogen-bond acceptors (Lipinski definition) is 4. The molecule has 0 spiro atoms. The second-order valence-electron chi connectivity index (χ2n) is 4.34. The maximum atomic E-state index is 11.7. The molecular formula is C11H19N3O2S. The number of nitrogens with zero attached hydrogens (tertiary/aromatic N) is 2. The standard InChI is InChI=1S/C11H19N3O2S/c1-10(2)9-13(17(3,15)16)14(12)11-7-5-4-6-8-11/h4-8,10H,9,12H2,1-3H3. The van der Waals surface area contributed by atoms with E-state index in [0.29, 0.717) is 12.2 Å². The fourth-order valence-electron chi connectivity index (χ4n) is 1.41. The van der Waals surface area contributed by atoms with Crippen molar-refractivity contribution < 1.29 is 8.42 Å². The lowest BCUT2D eigenvalue weighted by Gasteiger charge is -2.31. The van der Waals surface area contributed by atoms with Crippen molar-refractivity contribution in [2.45, 2.75) is 13.8 Å². The predicted molar refractivity (Wildman–Crippen MR) is 69.5 cm³/mol. The van der Waals surface area contributed by atoms with E-state index in [2.05, 4.69) is 0 Å². The number of sulfonamides is 1. The number of rotatable bonds is 5. The van der Waals surface area contributed by atoms with Gasteiger partial charge in [0.15, 0.2) is 0 Å². The van der Waals surface area contributed by atoms with Crippen LogP contribution >= 0.6 is 0 Å². The van der Waals surface area contributed by atoms with E-state index >= 15 is 0 Å². The highest BCUT2D eigenvalue weighted by molar-refractivity contribution is 7.88. The monoisotopic (exact) mass is 257 g/mol. The topological polar surface area (TPSA) is 66.6 Å². The zero-order valence-electron chi connectivity index (χ0n) is 10.4. The Morgan fingerprint density at radius 3 is 2.18 bits per heavy atom. The van der Waals surface area contributed by atoms with E-state index in [-0.39, 0.29) is 5.92 Å².